The Labute approximate surface area is 83.2 Å². The maximum Gasteiger partial charge on any atom is 0.222 e. The van der Waals surface area contributed by atoms with Crippen molar-refractivity contribution in [1.29, 1.82) is 0 Å². The van der Waals surface area contributed by atoms with E-state index in [2.05, 4.69) is 4.72 Å². The number of hydrogen-bond donors (Lipinski definition) is 2. The van der Waals surface area contributed by atoms with Gasteiger partial charge in [0.1, 0.15) is 0 Å². The van der Waals surface area contributed by atoms with Gasteiger partial charge in [0.2, 0.25) is 10.9 Å². The molecule has 0 aliphatic heterocycles. The van der Waals surface area contributed by atoms with Crippen LogP contribution in [0.3, 0.4) is 0 Å². The predicted molar refractivity (Wildman–Crippen MR) is 56.9 cm³/mol. The average Bonchev–Trinajstić information content (AvgIpc) is 2.46. The SMILES string of the molecule is Cn1ccc2cc(N[SH](=O)=O)ccc21. The first-order valence-electron chi connectivity index (χ1n) is 4.13. The molecule has 0 saturated carbocycles. The third kappa shape index (κ3) is 1.58. The molecule has 0 aliphatic carbocycles. The second kappa shape index (κ2) is 3.34. The third-order valence-corrected chi connectivity index (χ3v) is 2.55. The molecule has 2 rings (SSSR count). The zero-order chi connectivity index (χ0) is 10.1. The van der Waals surface area contributed by atoms with Gasteiger partial charge in [0, 0.05) is 29.8 Å². The molecule has 5 heteroatoms. The second-order valence-electron chi connectivity index (χ2n) is 3.07. The van der Waals surface area contributed by atoms with Gasteiger partial charge in [-0.25, -0.2) is 8.42 Å². The summed E-state index contributed by atoms with van der Waals surface area (Å²) in [4.78, 5) is 0. The van der Waals surface area contributed by atoms with E-state index >= 15 is 0 Å². The number of rotatable bonds is 2. The highest BCUT2D eigenvalue weighted by molar-refractivity contribution is 7.73. The normalized spacial score (nSPS) is 11.0. The number of fused-ring (bicyclic) bond motifs is 1. The van der Waals surface area contributed by atoms with E-state index in [1.807, 2.05) is 29.9 Å². The van der Waals surface area contributed by atoms with Crippen molar-refractivity contribution in [3.05, 3.63) is 30.5 Å². The van der Waals surface area contributed by atoms with E-state index in [4.69, 9.17) is 0 Å². The fourth-order valence-electron chi connectivity index (χ4n) is 1.46. The van der Waals surface area contributed by atoms with Gasteiger partial charge in [0.15, 0.2) is 0 Å². The molecule has 0 fully saturated rings. The van der Waals surface area contributed by atoms with Crippen LogP contribution in [0.15, 0.2) is 30.5 Å². The predicted octanol–water partition coefficient (Wildman–Crippen LogP) is 1.12. The quantitative estimate of drug-likeness (QED) is 0.730. The van der Waals surface area contributed by atoms with E-state index < -0.39 is 10.9 Å². The lowest BCUT2D eigenvalue weighted by atomic mass is 10.2. The molecule has 14 heavy (non-hydrogen) atoms. The summed E-state index contributed by atoms with van der Waals surface area (Å²) in [6.45, 7) is 0. The van der Waals surface area contributed by atoms with Gasteiger partial charge in [-0.1, -0.05) is 0 Å². The minimum Gasteiger partial charge on any atom is -0.351 e. The summed E-state index contributed by atoms with van der Waals surface area (Å²) in [6, 6.07) is 7.38. The lowest BCUT2D eigenvalue weighted by molar-refractivity contribution is 0.619. The summed E-state index contributed by atoms with van der Waals surface area (Å²) < 4.78 is 25.2. The van der Waals surface area contributed by atoms with Crippen molar-refractivity contribution in [2.24, 2.45) is 7.05 Å². The first-order valence-corrected chi connectivity index (χ1v) is 5.31. The number of nitrogens with one attached hydrogen (secondary N) is 1. The number of aryl methyl sites for hydroxylation is 1. The van der Waals surface area contributed by atoms with Crippen molar-refractivity contribution >= 4 is 27.5 Å². The van der Waals surface area contributed by atoms with Crippen LogP contribution in [0.5, 0.6) is 0 Å². The van der Waals surface area contributed by atoms with Crippen LogP contribution in [0, 0.1) is 0 Å². The Kier molecular flexibility index (Phi) is 2.17. The molecule has 1 N–H and O–H groups in total. The highest BCUT2D eigenvalue weighted by Gasteiger charge is 1.99. The van der Waals surface area contributed by atoms with Gasteiger partial charge < -0.3 is 4.57 Å². The van der Waals surface area contributed by atoms with E-state index in [1.165, 1.54) is 0 Å². The summed E-state index contributed by atoms with van der Waals surface area (Å²) in [5, 5.41) is 1.02. The summed E-state index contributed by atoms with van der Waals surface area (Å²) in [7, 11) is -0.634. The maximum atomic E-state index is 10.4. The molecule has 1 aromatic heterocycles. The van der Waals surface area contributed by atoms with Gasteiger partial charge in [-0.2, -0.15) is 0 Å². The van der Waals surface area contributed by atoms with Gasteiger partial charge in [-0.05, 0) is 24.3 Å². The lowest BCUT2D eigenvalue weighted by Crippen LogP contribution is -1.94. The molecule has 2 aromatic rings. The fraction of sp³-hybridized carbons (Fsp3) is 0.111. The standard InChI is InChI=1S/C9H10N2O2S/c1-11-5-4-7-6-8(10-14(12)13)2-3-9(7)11/h2-6,14H,1H3,(H,10,12,13). The molecule has 4 nitrogen and oxygen atoms in total. The molecule has 1 aromatic carbocycles. The Bertz CT molecular complexity index is 535. The number of benzene rings is 1. The molecule has 0 atom stereocenters. The molecule has 0 aliphatic rings. The van der Waals surface area contributed by atoms with Gasteiger partial charge in [0.25, 0.3) is 0 Å². The van der Waals surface area contributed by atoms with Crippen LogP contribution >= 0.6 is 0 Å². The van der Waals surface area contributed by atoms with Crippen molar-refractivity contribution in [3.63, 3.8) is 0 Å². The largest absolute Gasteiger partial charge is 0.351 e. The smallest absolute Gasteiger partial charge is 0.222 e. The molecule has 0 saturated heterocycles. The Morgan fingerprint density at radius 2 is 2.07 bits per heavy atom. The summed E-state index contributed by atoms with van der Waals surface area (Å²) in [6.07, 6.45) is 1.94. The van der Waals surface area contributed by atoms with Gasteiger partial charge in [0.05, 0.1) is 0 Å². The summed E-state index contributed by atoms with van der Waals surface area (Å²) in [5.41, 5.74) is 1.68. The zero-order valence-corrected chi connectivity index (χ0v) is 8.49. The van der Waals surface area contributed by atoms with Crippen molar-refractivity contribution < 1.29 is 8.42 Å². The Morgan fingerprint density at radius 3 is 2.79 bits per heavy atom. The highest BCUT2D eigenvalue weighted by atomic mass is 32.2. The summed E-state index contributed by atoms with van der Waals surface area (Å²) >= 11 is 0. The van der Waals surface area contributed by atoms with Crippen LogP contribution in [0.4, 0.5) is 5.69 Å². The average molecular weight is 210 g/mol. The van der Waals surface area contributed by atoms with Crippen LogP contribution in [0.1, 0.15) is 0 Å². The van der Waals surface area contributed by atoms with Crippen molar-refractivity contribution in [1.82, 2.24) is 4.57 Å². The van der Waals surface area contributed by atoms with Gasteiger partial charge in [-0.15, -0.1) is 0 Å². The Morgan fingerprint density at radius 1 is 1.29 bits per heavy atom. The van der Waals surface area contributed by atoms with E-state index in [1.54, 1.807) is 12.1 Å². The number of anilines is 1. The second-order valence-corrected chi connectivity index (χ2v) is 3.81. The van der Waals surface area contributed by atoms with E-state index in [-0.39, 0.29) is 0 Å². The number of aromatic nitrogens is 1. The molecule has 0 radical (unpaired) electrons. The topological polar surface area (TPSA) is 51.1 Å². The fourth-order valence-corrected chi connectivity index (χ4v) is 1.81. The number of nitrogens with zero attached hydrogens (tertiary/aromatic N) is 1. The Hall–Kier alpha value is -1.49. The van der Waals surface area contributed by atoms with Crippen molar-refractivity contribution in [3.8, 4) is 0 Å². The van der Waals surface area contributed by atoms with E-state index in [9.17, 15) is 8.42 Å². The molecule has 1 heterocycles. The Balaban J connectivity index is 2.51. The first-order chi connectivity index (χ1) is 6.66. The first kappa shape index (κ1) is 9.08. The molecule has 0 unspecified atom stereocenters. The number of hydrogen-bond acceptors (Lipinski definition) is 2. The molecule has 0 bridgehead atoms. The molecule has 0 spiro atoms. The maximum absolute atomic E-state index is 10.4. The molecular weight excluding hydrogens is 200 g/mol. The van der Waals surface area contributed by atoms with Gasteiger partial charge >= 0.3 is 0 Å². The molecular formula is C9H10N2O2S. The third-order valence-electron chi connectivity index (χ3n) is 2.11. The van der Waals surface area contributed by atoms with Crippen LogP contribution in [0.25, 0.3) is 10.9 Å². The monoisotopic (exact) mass is 210 g/mol. The highest BCUT2D eigenvalue weighted by Crippen LogP contribution is 2.19. The van der Waals surface area contributed by atoms with Gasteiger partial charge in [-0.3, -0.25) is 4.72 Å². The molecule has 74 valence electrons. The van der Waals surface area contributed by atoms with Crippen LogP contribution in [-0.2, 0) is 17.9 Å². The van der Waals surface area contributed by atoms with Crippen LogP contribution in [-0.4, -0.2) is 13.0 Å². The van der Waals surface area contributed by atoms with Crippen molar-refractivity contribution in [2.75, 3.05) is 4.72 Å². The number of thiol groups is 1. The van der Waals surface area contributed by atoms with Crippen LogP contribution in [0.2, 0.25) is 0 Å². The van der Waals surface area contributed by atoms with Crippen LogP contribution < -0.4 is 4.72 Å². The van der Waals surface area contributed by atoms with E-state index in [0.29, 0.717) is 5.69 Å². The lowest BCUT2D eigenvalue weighted by Gasteiger charge is -1.99. The minimum atomic E-state index is -2.58. The molecule has 0 amide bonds. The summed E-state index contributed by atoms with van der Waals surface area (Å²) in [5.74, 6) is 0. The van der Waals surface area contributed by atoms with Crippen molar-refractivity contribution in [2.45, 2.75) is 0 Å². The zero-order valence-electron chi connectivity index (χ0n) is 7.60. The van der Waals surface area contributed by atoms with E-state index in [0.717, 1.165) is 10.9 Å². The minimum absolute atomic E-state index is 0.597.